The highest BCUT2D eigenvalue weighted by atomic mass is 79.9. The van der Waals surface area contributed by atoms with Crippen LogP contribution in [0.5, 0.6) is 0 Å². The van der Waals surface area contributed by atoms with Crippen LogP contribution in [0.1, 0.15) is 40.5 Å². The van der Waals surface area contributed by atoms with E-state index in [-0.39, 0.29) is 17.5 Å². The van der Waals surface area contributed by atoms with Gasteiger partial charge in [0.2, 0.25) is 0 Å². The molecule has 1 heterocycles. The average molecular weight is 312 g/mol. The second-order valence-electron chi connectivity index (χ2n) is 4.52. The molecule has 0 bridgehead atoms. The van der Waals surface area contributed by atoms with Gasteiger partial charge < -0.3 is 10.0 Å². The molecule has 4 nitrogen and oxygen atoms in total. The summed E-state index contributed by atoms with van der Waals surface area (Å²) in [6.45, 7) is 2.76. The first-order valence-electron chi connectivity index (χ1n) is 5.84. The molecule has 1 aromatic rings. The SMILES string of the molecule is CC1CCCN1C(=O)c1cc(Br)cc(C(=O)O)c1. The van der Waals surface area contributed by atoms with E-state index >= 15 is 0 Å². The monoisotopic (exact) mass is 311 g/mol. The zero-order chi connectivity index (χ0) is 13.3. The molecule has 1 unspecified atom stereocenters. The number of rotatable bonds is 2. The van der Waals surface area contributed by atoms with Crippen molar-refractivity contribution in [2.24, 2.45) is 0 Å². The highest BCUT2D eigenvalue weighted by Gasteiger charge is 2.26. The minimum absolute atomic E-state index is 0.0937. The summed E-state index contributed by atoms with van der Waals surface area (Å²) in [5.41, 5.74) is 0.551. The third-order valence-electron chi connectivity index (χ3n) is 3.21. The van der Waals surface area contributed by atoms with Gasteiger partial charge in [0, 0.05) is 22.6 Å². The number of benzene rings is 1. The number of hydrogen-bond acceptors (Lipinski definition) is 2. The van der Waals surface area contributed by atoms with Gasteiger partial charge in [0.25, 0.3) is 5.91 Å². The van der Waals surface area contributed by atoms with E-state index in [2.05, 4.69) is 15.9 Å². The molecule has 0 aliphatic carbocycles. The first kappa shape index (κ1) is 13.1. The van der Waals surface area contributed by atoms with Crippen molar-refractivity contribution in [3.63, 3.8) is 0 Å². The topological polar surface area (TPSA) is 57.6 Å². The van der Waals surface area contributed by atoms with Crippen LogP contribution in [0.3, 0.4) is 0 Å². The molecule has 0 aromatic heterocycles. The molecule has 1 saturated heterocycles. The normalized spacial score (nSPS) is 19.0. The van der Waals surface area contributed by atoms with E-state index in [0.717, 1.165) is 19.4 Å². The van der Waals surface area contributed by atoms with E-state index in [0.29, 0.717) is 10.0 Å². The summed E-state index contributed by atoms with van der Waals surface area (Å²) in [4.78, 5) is 25.1. The Morgan fingerprint density at radius 1 is 1.33 bits per heavy atom. The summed E-state index contributed by atoms with van der Waals surface area (Å²) in [5.74, 6) is -1.12. The van der Waals surface area contributed by atoms with Crippen LogP contribution in [-0.2, 0) is 0 Å². The molecule has 0 radical (unpaired) electrons. The highest BCUT2D eigenvalue weighted by Crippen LogP contribution is 2.22. The van der Waals surface area contributed by atoms with Gasteiger partial charge in [0.15, 0.2) is 0 Å². The fourth-order valence-corrected chi connectivity index (χ4v) is 2.73. The van der Waals surface area contributed by atoms with E-state index in [1.807, 2.05) is 6.92 Å². The first-order chi connectivity index (χ1) is 8.49. The zero-order valence-corrected chi connectivity index (χ0v) is 11.6. The lowest BCUT2D eigenvalue weighted by molar-refractivity contribution is 0.0697. The zero-order valence-electron chi connectivity index (χ0n) is 10.0. The van der Waals surface area contributed by atoms with E-state index in [4.69, 9.17) is 5.11 Å². The van der Waals surface area contributed by atoms with Crippen molar-refractivity contribution in [2.75, 3.05) is 6.54 Å². The quantitative estimate of drug-likeness (QED) is 0.913. The van der Waals surface area contributed by atoms with Crippen molar-refractivity contribution in [3.05, 3.63) is 33.8 Å². The average Bonchev–Trinajstić information content (AvgIpc) is 2.73. The van der Waals surface area contributed by atoms with Crippen LogP contribution in [-0.4, -0.2) is 34.5 Å². The minimum atomic E-state index is -1.03. The Morgan fingerprint density at radius 3 is 2.56 bits per heavy atom. The van der Waals surface area contributed by atoms with Gasteiger partial charge in [-0.15, -0.1) is 0 Å². The van der Waals surface area contributed by atoms with Crippen LogP contribution in [0, 0.1) is 0 Å². The first-order valence-corrected chi connectivity index (χ1v) is 6.63. The number of carbonyl (C=O) groups excluding carboxylic acids is 1. The van der Waals surface area contributed by atoms with E-state index in [9.17, 15) is 9.59 Å². The fraction of sp³-hybridized carbons (Fsp3) is 0.385. The lowest BCUT2D eigenvalue weighted by Crippen LogP contribution is -2.33. The van der Waals surface area contributed by atoms with Gasteiger partial charge in [-0.2, -0.15) is 0 Å². The van der Waals surface area contributed by atoms with Gasteiger partial charge in [-0.05, 0) is 38.0 Å². The van der Waals surface area contributed by atoms with E-state index < -0.39 is 5.97 Å². The maximum absolute atomic E-state index is 12.3. The predicted octanol–water partition coefficient (Wildman–Crippen LogP) is 2.77. The number of carboxylic acids is 1. The molecule has 2 rings (SSSR count). The molecular weight excluding hydrogens is 298 g/mol. The lowest BCUT2D eigenvalue weighted by Gasteiger charge is -2.21. The minimum Gasteiger partial charge on any atom is -0.478 e. The molecule has 1 N–H and O–H groups in total. The molecule has 1 aromatic carbocycles. The van der Waals surface area contributed by atoms with Crippen molar-refractivity contribution in [3.8, 4) is 0 Å². The summed E-state index contributed by atoms with van der Waals surface area (Å²) >= 11 is 3.24. The molecule has 1 fully saturated rings. The lowest BCUT2D eigenvalue weighted by atomic mass is 10.1. The number of nitrogens with zero attached hydrogens (tertiary/aromatic N) is 1. The Hall–Kier alpha value is -1.36. The standard InChI is InChI=1S/C13H14BrNO3/c1-8-3-2-4-15(8)12(16)9-5-10(13(17)18)7-11(14)6-9/h5-8H,2-4H2,1H3,(H,17,18). The number of hydrogen-bond donors (Lipinski definition) is 1. The van der Waals surface area contributed by atoms with Gasteiger partial charge in [-0.25, -0.2) is 4.79 Å². The summed E-state index contributed by atoms with van der Waals surface area (Å²) in [6, 6.07) is 4.82. The third kappa shape index (κ3) is 2.56. The molecule has 0 saturated carbocycles. The van der Waals surface area contributed by atoms with Crippen LogP contribution in [0.2, 0.25) is 0 Å². The van der Waals surface area contributed by atoms with E-state index in [1.54, 1.807) is 11.0 Å². The van der Waals surface area contributed by atoms with Gasteiger partial charge >= 0.3 is 5.97 Å². The van der Waals surface area contributed by atoms with Gasteiger partial charge in [-0.1, -0.05) is 15.9 Å². The smallest absolute Gasteiger partial charge is 0.335 e. The van der Waals surface area contributed by atoms with Crippen LogP contribution in [0.15, 0.2) is 22.7 Å². The highest BCUT2D eigenvalue weighted by molar-refractivity contribution is 9.10. The second-order valence-corrected chi connectivity index (χ2v) is 5.44. The molecule has 18 heavy (non-hydrogen) atoms. The van der Waals surface area contributed by atoms with E-state index in [1.165, 1.54) is 12.1 Å². The van der Waals surface area contributed by atoms with Crippen LogP contribution >= 0.6 is 15.9 Å². The van der Waals surface area contributed by atoms with Gasteiger partial charge in [-0.3, -0.25) is 4.79 Å². The molecule has 5 heteroatoms. The van der Waals surface area contributed by atoms with Crippen molar-refractivity contribution in [1.29, 1.82) is 0 Å². The number of aromatic carboxylic acids is 1. The molecular formula is C13H14BrNO3. The number of carbonyl (C=O) groups is 2. The number of halogens is 1. The Morgan fingerprint density at radius 2 is 2.00 bits per heavy atom. The largest absolute Gasteiger partial charge is 0.478 e. The number of amides is 1. The van der Waals surface area contributed by atoms with Crippen molar-refractivity contribution in [2.45, 2.75) is 25.8 Å². The second kappa shape index (κ2) is 5.10. The maximum atomic E-state index is 12.3. The Balaban J connectivity index is 2.32. The van der Waals surface area contributed by atoms with Crippen LogP contribution < -0.4 is 0 Å². The molecule has 1 aliphatic rings. The molecule has 1 atom stereocenters. The molecule has 1 aliphatic heterocycles. The van der Waals surface area contributed by atoms with Crippen LogP contribution in [0.25, 0.3) is 0 Å². The van der Waals surface area contributed by atoms with Crippen molar-refractivity contribution >= 4 is 27.8 Å². The summed E-state index contributed by atoms with van der Waals surface area (Å²) < 4.78 is 0.609. The number of carboxylic acid groups (broad SMARTS) is 1. The Bertz CT molecular complexity index is 501. The molecule has 1 amide bonds. The van der Waals surface area contributed by atoms with Gasteiger partial charge in [0.1, 0.15) is 0 Å². The maximum Gasteiger partial charge on any atom is 0.335 e. The van der Waals surface area contributed by atoms with Gasteiger partial charge in [0.05, 0.1) is 5.56 Å². The Labute approximate surface area is 114 Å². The number of likely N-dealkylation sites (tertiary alicyclic amines) is 1. The summed E-state index contributed by atoms with van der Waals surface area (Å²) in [5, 5.41) is 8.99. The van der Waals surface area contributed by atoms with Crippen molar-refractivity contribution < 1.29 is 14.7 Å². The third-order valence-corrected chi connectivity index (χ3v) is 3.66. The summed E-state index contributed by atoms with van der Waals surface area (Å²) in [7, 11) is 0. The molecule has 96 valence electrons. The van der Waals surface area contributed by atoms with Crippen LogP contribution in [0.4, 0.5) is 0 Å². The Kier molecular flexibility index (Phi) is 3.71. The van der Waals surface area contributed by atoms with Crippen molar-refractivity contribution in [1.82, 2.24) is 4.90 Å². The molecule has 0 spiro atoms. The fourth-order valence-electron chi connectivity index (χ4n) is 2.24. The predicted molar refractivity (Wildman–Crippen MR) is 70.8 cm³/mol. The summed E-state index contributed by atoms with van der Waals surface area (Å²) in [6.07, 6.45) is 2.01.